The van der Waals surface area contributed by atoms with Gasteiger partial charge in [-0.2, -0.15) is 0 Å². The molecule has 0 bridgehead atoms. The molecule has 3 heteroatoms. The number of hydrogen-bond donors (Lipinski definition) is 1. The summed E-state index contributed by atoms with van der Waals surface area (Å²) in [5.41, 5.74) is 1.40. The topological polar surface area (TPSA) is 38.3 Å². The second-order valence-electron chi connectivity index (χ2n) is 5.27. The molecule has 1 aromatic rings. The molecule has 1 amide bonds. The molecule has 0 radical (unpaired) electrons. The fourth-order valence-electron chi connectivity index (χ4n) is 2.80. The van der Waals surface area contributed by atoms with Crippen LogP contribution in [0.5, 0.6) is 0 Å². The van der Waals surface area contributed by atoms with Gasteiger partial charge < -0.3 is 10.1 Å². The van der Waals surface area contributed by atoms with Crippen molar-refractivity contribution in [3.05, 3.63) is 35.9 Å². The molecule has 0 unspecified atom stereocenters. The molecular formula is C16H23NO2. The highest BCUT2D eigenvalue weighted by atomic mass is 16.5. The van der Waals surface area contributed by atoms with E-state index in [1.54, 1.807) is 0 Å². The lowest BCUT2D eigenvalue weighted by Gasteiger charge is -2.13. The summed E-state index contributed by atoms with van der Waals surface area (Å²) in [6.07, 6.45) is 4.51. The highest BCUT2D eigenvalue weighted by Gasteiger charge is 2.25. The molecule has 104 valence electrons. The third-order valence-electron chi connectivity index (χ3n) is 3.71. The second kappa shape index (κ2) is 7.29. The van der Waals surface area contributed by atoms with Gasteiger partial charge in [-0.15, -0.1) is 0 Å². The normalized spacial score (nSPS) is 22.4. The van der Waals surface area contributed by atoms with Crippen LogP contribution in [-0.2, 0) is 16.0 Å². The summed E-state index contributed by atoms with van der Waals surface area (Å²) < 4.78 is 5.12. The Morgan fingerprint density at radius 1 is 1.32 bits per heavy atom. The Morgan fingerprint density at radius 2 is 2.11 bits per heavy atom. The van der Waals surface area contributed by atoms with Crippen LogP contribution in [0.4, 0.5) is 0 Å². The van der Waals surface area contributed by atoms with Crippen LogP contribution in [-0.4, -0.2) is 25.2 Å². The zero-order valence-electron chi connectivity index (χ0n) is 11.6. The predicted octanol–water partition coefficient (Wildman–Crippen LogP) is 2.55. The molecule has 1 N–H and O–H groups in total. The fourth-order valence-corrected chi connectivity index (χ4v) is 2.80. The van der Waals surface area contributed by atoms with E-state index in [0.29, 0.717) is 18.6 Å². The van der Waals surface area contributed by atoms with Crippen molar-refractivity contribution in [2.24, 2.45) is 5.92 Å². The lowest BCUT2D eigenvalue weighted by atomic mass is 9.98. The number of nitrogens with one attached hydrogen (secondary N) is 1. The Labute approximate surface area is 115 Å². The molecule has 1 aliphatic carbocycles. The Bertz CT molecular complexity index is 391. The summed E-state index contributed by atoms with van der Waals surface area (Å²) in [5, 5.41) is 3.07. The zero-order chi connectivity index (χ0) is 13.5. The first kappa shape index (κ1) is 14.1. The SMILES string of the molecule is CCOCC(=O)N[C@H]1CC[C@H](Cc2ccccc2)C1. The highest BCUT2D eigenvalue weighted by Crippen LogP contribution is 2.28. The van der Waals surface area contributed by atoms with E-state index in [4.69, 9.17) is 4.74 Å². The van der Waals surface area contributed by atoms with Crippen molar-refractivity contribution < 1.29 is 9.53 Å². The second-order valence-corrected chi connectivity index (χ2v) is 5.27. The lowest BCUT2D eigenvalue weighted by Crippen LogP contribution is -2.35. The lowest BCUT2D eigenvalue weighted by molar-refractivity contribution is -0.126. The average Bonchev–Trinajstić information content (AvgIpc) is 2.85. The van der Waals surface area contributed by atoms with Crippen LogP contribution in [0.3, 0.4) is 0 Å². The van der Waals surface area contributed by atoms with Gasteiger partial charge in [-0.1, -0.05) is 30.3 Å². The molecule has 1 aliphatic rings. The Kier molecular flexibility index (Phi) is 5.40. The average molecular weight is 261 g/mol. The molecule has 3 nitrogen and oxygen atoms in total. The van der Waals surface area contributed by atoms with Crippen LogP contribution in [0, 0.1) is 5.92 Å². The Balaban J connectivity index is 1.72. The van der Waals surface area contributed by atoms with Crippen molar-refractivity contribution in [2.75, 3.05) is 13.2 Å². The van der Waals surface area contributed by atoms with Gasteiger partial charge in [-0.25, -0.2) is 0 Å². The van der Waals surface area contributed by atoms with Crippen LogP contribution < -0.4 is 5.32 Å². The summed E-state index contributed by atoms with van der Waals surface area (Å²) in [4.78, 5) is 11.6. The van der Waals surface area contributed by atoms with Gasteiger partial charge in [0.2, 0.25) is 5.91 Å². The molecule has 0 heterocycles. The minimum Gasteiger partial charge on any atom is -0.372 e. The summed E-state index contributed by atoms with van der Waals surface area (Å²) in [5.74, 6) is 0.715. The quantitative estimate of drug-likeness (QED) is 0.854. The molecule has 0 aliphatic heterocycles. The van der Waals surface area contributed by atoms with Gasteiger partial charge in [0.1, 0.15) is 6.61 Å². The van der Waals surface area contributed by atoms with Crippen molar-refractivity contribution in [1.29, 1.82) is 0 Å². The van der Waals surface area contributed by atoms with Gasteiger partial charge in [-0.05, 0) is 44.1 Å². The Morgan fingerprint density at radius 3 is 2.84 bits per heavy atom. The number of hydrogen-bond acceptors (Lipinski definition) is 2. The van der Waals surface area contributed by atoms with Crippen LogP contribution in [0.25, 0.3) is 0 Å². The maximum absolute atomic E-state index is 11.6. The third-order valence-corrected chi connectivity index (χ3v) is 3.71. The van der Waals surface area contributed by atoms with Crippen molar-refractivity contribution >= 4 is 5.91 Å². The summed E-state index contributed by atoms with van der Waals surface area (Å²) in [6.45, 7) is 2.68. The number of benzene rings is 1. The molecular weight excluding hydrogens is 238 g/mol. The molecule has 0 saturated heterocycles. The molecule has 0 aromatic heterocycles. The molecule has 0 spiro atoms. The minimum absolute atomic E-state index is 0.0206. The molecule has 2 atom stereocenters. The summed E-state index contributed by atoms with van der Waals surface area (Å²) in [6, 6.07) is 10.9. The van der Waals surface area contributed by atoms with Crippen LogP contribution in [0.15, 0.2) is 30.3 Å². The Hall–Kier alpha value is -1.35. The van der Waals surface area contributed by atoms with Gasteiger partial charge in [0.05, 0.1) is 0 Å². The smallest absolute Gasteiger partial charge is 0.246 e. The van der Waals surface area contributed by atoms with Gasteiger partial charge in [0.25, 0.3) is 0 Å². The van der Waals surface area contributed by atoms with Crippen molar-refractivity contribution in [3.63, 3.8) is 0 Å². The summed E-state index contributed by atoms with van der Waals surface area (Å²) in [7, 11) is 0. The minimum atomic E-state index is 0.0206. The van der Waals surface area contributed by atoms with Crippen LogP contribution in [0.2, 0.25) is 0 Å². The highest BCUT2D eigenvalue weighted by molar-refractivity contribution is 5.77. The van der Waals surface area contributed by atoms with E-state index in [-0.39, 0.29) is 12.5 Å². The number of carbonyl (C=O) groups is 1. The largest absolute Gasteiger partial charge is 0.372 e. The van der Waals surface area contributed by atoms with Gasteiger partial charge in [0.15, 0.2) is 0 Å². The third kappa shape index (κ3) is 4.67. The van der Waals surface area contributed by atoms with E-state index < -0.39 is 0 Å². The first-order valence-electron chi connectivity index (χ1n) is 7.19. The van der Waals surface area contributed by atoms with E-state index in [0.717, 1.165) is 19.3 Å². The standard InChI is InChI=1S/C16H23NO2/c1-2-19-12-16(18)17-15-9-8-14(11-15)10-13-6-4-3-5-7-13/h3-7,14-15H,2,8-12H2,1H3,(H,17,18)/t14-,15+/m1/s1. The van der Waals surface area contributed by atoms with Crippen molar-refractivity contribution in [3.8, 4) is 0 Å². The van der Waals surface area contributed by atoms with Crippen LogP contribution >= 0.6 is 0 Å². The predicted molar refractivity (Wildman–Crippen MR) is 75.9 cm³/mol. The number of carbonyl (C=O) groups excluding carboxylic acids is 1. The fraction of sp³-hybridized carbons (Fsp3) is 0.562. The van der Waals surface area contributed by atoms with E-state index >= 15 is 0 Å². The van der Waals surface area contributed by atoms with E-state index in [2.05, 4.69) is 35.6 Å². The van der Waals surface area contributed by atoms with Gasteiger partial charge in [0, 0.05) is 12.6 Å². The molecule has 19 heavy (non-hydrogen) atoms. The molecule has 2 rings (SSSR count). The van der Waals surface area contributed by atoms with Gasteiger partial charge >= 0.3 is 0 Å². The molecule has 1 fully saturated rings. The first-order valence-corrected chi connectivity index (χ1v) is 7.19. The molecule has 1 aromatic carbocycles. The summed E-state index contributed by atoms with van der Waals surface area (Å²) >= 11 is 0. The van der Waals surface area contributed by atoms with E-state index in [1.165, 1.54) is 12.0 Å². The zero-order valence-corrected chi connectivity index (χ0v) is 11.6. The van der Waals surface area contributed by atoms with Crippen LogP contribution in [0.1, 0.15) is 31.7 Å². The number of amides is 1. The number of ether oxygens (including phenoxy) is 1. The maximum Gasteiger partial charge on any atom is 0.246 e. The number of rotatable bonds is 6. The monoisotopic (exact) mass is 261 g/mol. The van der Waals surface area contributed by atoms with Crippen molar-refractivity contribution in [2.45, 2.75) is 38.6 Å². The van der Waals surface area contributed by atoms with E-state index in [1.807, 2.05) is 6.92 Å². The first-order chi connectivity index (χ1) is 9.28. The van der Waals surface area contributed by atoms with E-state index in [9.17, 15) is 4.79 Å². The van der Waals surface area contributed by atoms with Gasteiger partial charge in [-0.3, -0.25) is 4.79 Å². The van der Waals surface area contributed by atoms with Crippen molar-refractivity contribution in [1.82, 2.24) is 5.32 Å². The molecule has 1 saturated carbocycles. The maximum atomic E-state index is 11.6.